The molecule has 0 aliphatic heterocycles. The van der Waals surface area contributed by atoms with Crippen LogP contribution in [0.4, 0.5) is 0 Å². The molecule has 0 bridgehead atoms. The van der Waals surface area contributed by atoms with Crippen molar-refractivity contribution in [3.05, 3.63) is 47.3 Å². The predicted molar refractivity (Wildman–Crippen MR) is 78.1 cm³/mol. The molecule has 0 aliphatic carbocycles. The first-order chi connectivity index (χ1) is 8.74. The van der Waals surface area contributed by atoms with Gasteiger partial charge in [0, 0.05) is 12.8 Å². The Morgan fingerprint density at radius 1 is 1.22 bits per heavy atom. The average Bonchev–Trinajstić information content (AvgIpc) is 2.77. The number of rotatable bonds is 5. The van der Waals surface area contributed by atoms with Crippen LogP contribution in [0, 0.1) is 0 Å². The smallest absolute Gasteiger partial charge is 0.168 e. The highest BCUT2D eigenvalue weighted by molar-refractivity contribution is 7.98. The van der Waals surface area contributed by atoms with E-state index in [-0.39, 0.29) is 0 Å². The second-order valence-corrected chi connectivity index (χ2v) is 5.39. The Bertz CT molecular complexity index is 505. The van der Waals surface area contributed by atoms with Gasteiger partial charge in [-0.05, 0) is 17.5 Å². The molecule has 0 N–H and O–H groups in total. The van der Waals surface area contributed by atoms with Crippen LogP contribution in [0.2, 0.25) is 0 Å². The van der Waals surface area contributed by atoms with Gasteiger partial charge in [-0.15, -0.1) is 11.6 Å². The number of hydrogen-bond acceptors (Lipinski definition) is 2. The van der Waals surface area contributed by atoms with Gasteiger partial charge in [0.05, 0.1) is 17.8 Å². The van der Waals surface area contributed by atoms with Crippen molar-refractivity contribution in [1.82, 2.24) is 9.55 Å². The lowest BCUT2D eigenvalue weighted by Gasteiger charge is -2.04. The number of aromatic nitrogens is 2. The van der Waals surface area contributed by atoms with E-state index < -0.39 is 0 Å². The Labute approximate surface area is 117 Å². The van der Waals surface area contributed by atoms with Crippen LogP contribution in [0.15, 0.2) is 35.6 Å². The molecule has 4 heteroatoms. The summed E-state index contributed by atoms with van der Waals surface area (Å²) in [7, 11) is 2.01. The molecule has 0 unspecified atom stereocenters. The summed E-state index contributed by atoms with van der Waals surface area (Å²) in [6.07, 6.45) is 2.93. The molecule has 1 heterocycles. The highest BCUT2D eigenvalue weighted by Crippen LogP contribution is 2.22. The maximum atomic E-state index is 5.83. The van der Waals surface area contributed by atoms with Crippen LogP contribution in [-0.2, 0) is 25.1 Å². The number of alkyl halides is 1. The molecular formula is C14H17ClN2S. The summed E-state index contributed by atoms with van der Waals surface area (Å²) in [5, 5.41) is 1.02. The van der Waals surface area contributed by atoms with Gasteiger partial charge in [-0.2, -0.15) is 0 Å². The lowest BCUT2D eigenvalue weighted by Crippen LogP contribution is -1.95. The summed E-state index contributed by atoms with van der Waals surface area (Å²) >= 11 is 7.57. The molecular weight excluding hydrogens is 264 g/mol. The Hall–Kier alpha value is -0.930. The van der Waals surface area contributed by atoms with Crippen molar-refractivity contribution in [3.8, 4) is 0 Å². The fourth-order valence-electron chi connectivity index (χ4n) is 1.70. The second kappa shape index (κ2) is 6.30. The zero-order valence-electron chi connectivity index (χ0n) is 10.7. The summed E-state index contributed by atoms with van der Waals surface area (Å²) in [4.78, 5) is 4.38. The molecule has 96 valence electrons. The molecule has 18 heavy (non-hydrogen) atoms. The molecule has 0 amide bonds. The van der Waals surface area contributed by atoms with Crippen LogP contribution >= 0.6 is 23.4 Å². The van der Waals surface area contributed by atoms with Gasteiger partial charge < -0.3 is 4.57 Å². The first-order valence-corrected chi connectivity index (χ1v) is 7.53. The van der Waals surface area contributed by atoms with E-state index in [4.69, 9.17) is 11.6 Å². The summed E-state index contributed by atoms with van der Waals surface area (Å²) in [5.41, 5.74) is 3.76. The Morgan fingerprint density at radius 2 is 1.89 bits per heavy atom. The quantitative estimate of drug-likeness (QED) is 0.608. The first kappa shape index (κ1) is 13.5. The highest BCUT2D eigenvalue weighted by atomic mass is 35.5. The monoisotopic (exact) mass is 280 g/mol. The van der Waals surface area contributed by atoms with Crippen molar-refractivity contribution < 1.29 is 0 Å². The number of halogens is 1. The molecule has 1 aromatic carbocycles. The number of imidazole rings is 1. The highest BCUT2D eigenvalue weighted by Gasteiger charge is 2.06. The lowest BCUT2D eigenvalue weighted by molar-refractivity contribution is 0.761. The van der Waals surface area contributed by atoms with Gasteiger partial charge in [0.15, 0.2) is 5.16 Å². The minimum Gasteiger partial charge on any atom is -0.325 e. The molecule has 2 nitrogen and oxygen atoms in total. The summed E-state index contributed by atoms with van der Waals surface area (Å²) in [6.45, 7) is 2.17. The van der Waals surface area contributed by atoms with E-state index in [1.54, 1.807) is 11.8 Å². The Balaban J connectivity index is 1.99. The zero-order valence-corrected chi connectivity index (χ0v) is 12.3. The minimum atomic E-state index is 0.509. The zero-order chi connectivity index (χ0) is 13.0. The van der Waals surface area contributed by atoms with E-state index in [0.717, 1.165) is 23.0 Å². The first-order valence-electron chi connectivity index (χ1n) is 6.01. The summed E-state index contributed by atoms with van der Waals surface area (Å²) in [6, 6.07) is 8.77. The van der Waals surface area contributed by atoms with Crippen LogP contribution in [0.1, 0.15) is 23.7 Å². The van der Waals surface area contributed by atoms with Crippen molar-refractivity contribution in [1.29, 1.82) is 0 Å². The number of nitrogens with zero attached hydrogens (tertiary/aromatic N) is 2. The molecule has 0 atom stereocenters. The number of hydrogen-bond donors (Lipinski definition) is 0. The van der Waals surface area contributed by atoms with Gasteiger partial charge in [0.25, 0.3) is 0 Å². The minimum absolute atomic E-state index is 0.509. The van der Waals surface area contributed by atoms with E-state index in [9.17, 15) is 0 Å². The summed E-state index contributed by atoms with van der Waals surface area (Å²) in [5.74, 6) is 1.45. The number of thioether (sulfide) groups is 1. The van der Waals surface area contributed by atoms with E-state index in [0.29, 0.717) is 5.88 Å². The Kier molecular flexibility index (Phi) is 4.72. The van der Waals surface area contributed by atoms with Gasteiger partial charge in [0.2, 0.25) is 0 Å². The molecule has 0 saturated carbocycles. The molecule has 0 aliphatic rings. The maximum absolute atomic E-state index is 5.83. The van der Waals surface area contributed by atoms with Crippen LogP contribution in [-0.4, -0.2) is 9.55 Å². The lowest BCUT2D eigenvalue weighted by atomic mass is 10.1. The third-order valence-corrected chi connectivity index (χ3v) is 4.37. The van der Waals surface area contributed by atoms with E-state index >= 15 is 0 Å². The topological polar surface area (TPSA) is 17.8 Å². The fourth-order valence-corrected chi connectivity index (χ4v) is 2.88. The Morgan fingerprint density at radius 3 is 2.44 bits per heavy atom. The van der Waals surface area contributed by atoms with Gasteiger partial charge in [-0.1, -0.05) is 43.0 Å². The number of aryl methyl sites for hydroxylation is 1. The van der Waals surface area contributed by atoms with Crippen molar-refractivity contribution in [3.63, 3.8) is 0 Å². The van der Waals surface area contributed by atoms with Gasteiger partial charge in [0.1, 0.15) is 0 Å². The normalized spacial score (nSPS) is 10.8. The molecule has 2 aromatic rings. The third-order valence-electron chi connectivity index (χ3n) is 2.98. The van der Waals surface area contributed by atoms with E-state index in [2.05, 4.69) is 40.7 Å². The number of benzene rings is 1. The molecule has 0 saturated heterocycles. The predicted octanol–water partition coefficient (Wildman–Crippen LogP) is 4.01. The molecule has 0 spiro atoms. The van der Waals surface area contributed by atoms with E-state index in [1.165, 1.54) is 11.1 Å². The standard InChI is InChI=1S/C14H17ClN2S/c1-3-11-4-6-12(7-5-11)10-18-14-16-9-13(8-15)17(14)2/h4-7,9H,3,8,10H2,1-2H3. The van der Waals surface area contributed by atoms with Crippen LogP contribution in [0.25, 0.3) is 0 Å². The van der Waals surface area contributed by atoms with Crippen molar-refractivity contribution in [2.75, 3.05) is 0 Å². The van der Waals surface area contributed by atoms with Gasteiger partial charge in [-0.3, -0.25) is 0 Å². The fraction of sp³-hybridized carbons (Fsp3) is 0.357. The molecule has 1 aromatic heterocycles. The van der Waals surface area contributed by atoms with Crippen molar-refractivity contribution >= 4 is 23.4 Å². The van der Waals surface area contributed by atoms with Crippen LogP contribution < -0.4 is 0 Å². The summed E-state index contributed by atoms with van der Waals surface area (Å²) < 4.78 is 2.05. The van der Waals surface area contributed by atoms with Crippen molar-refractivity contribution in [2.24, 2.45) is 7.05 Å². The van der Waals surface area contributed by atoms with Gasteiger partial charge >= 0.3 is 0 Å². The average molecular weight is 281 g/mol. The largest absolute Gasteiger partial charge is 0.325 e. The van der Waals surface area contributed by atoms with Crippen molar-refractivity contribution in [2.45, 2.75) is 30.1 Å². The van der Waals surface area contributed by atoms with Gasteiger partial charge in [-0.25, -0.2) is 4.98 Å². The maximum Gasteiger partial charge on any atom is 0.168 e. The third kappa shape index (κ3) is 3.09. The molecule has 0 fully saturated rings. The molecule has 0 radical (unpaired) electrons. The SMILES string of the molecule is CCc1ccc(CSc2ncc(CCl)n2C)cc1. The van der Waals surface area contributed by atoms with Crippen LogP contribution in [0.3, 0.4) is 0 Å². The second-order valence-electron chi connectivity index (χ2n) is 4.18. The molecule has 2 rings (SSSR count). The van der Waals surface area contributed by atoms with Crippen LogP contribution in [0.5, 0.6) is 0 Å². The van der Waals surface area contributed by atoms with E-state index in [1.807, 2.05) is 13.2 Å².